The van der Waals surface area contributed by atoms with Gasteiger partial charge >= 0.3 is 0 Å². The molecule has 1 fully saturated rings. The van der Waals surface area contributed by atoms with Crippen molar-refractivity contribution in [1.82, 2.24) is 24.2 Å². The Balaban J connectivity index is 0.00000225. The molecule has 6 heteroatoms. The van der Waals surface area contributed by atoms with E-state index in [1.807, 2.05) is 30.3 Å². The number of aryl methyl sites for hydroxylation is 1. The van der Waals surface area contributed by atoms with Gasteiger partial charge < -0.3 is 9.47 Å². The van der Waals surface area contributed by atoms with Crippen LogP contribution in [0.4, 0.5) is 0 Å². The lowest BCUT2D eigenvalue weighted by molar-refractivity contribution is 0.273. The van der Waals surface area contributed by atoms with E-state index in [9.17, 15) is 0 Å². The van der Waals surface area contributed by atoms with Crippen molar-refractivity contribution >= 4 is 12.4 Å². The molecule has 150 valence electrons. The number of hydrogen-bond donors (Lipinski definition) is 0. The summed E-state index contributed by atoms with van der Waals surface area (Å²) in [6.45, 7) is 7.97. The monoisotopic (exact) mass is 399 g/mol. The highest BCUT2D eigenvalue weighted by Gasteiger charge is 2.24. The third-order valence-electron chi connectivity index (χ3n) is 5.84. The molecule has 1 atom stereocenters. The largest absolute Gasteiger partial charge is 0.326 e. The standard InChI is InChI=1S/C22H29N5.ClH/c1-4-19(15-26-12-8-9-13-26)27-16-23-14-20(27)21-17(2)25(3)24-22(21)18-10-6-5-7-11-18;/h5-7,10-11,14,16,19H,4,8-9,12-13,15H2,1-3H3;1H. The Morgan fingerprint density at radius 2 is 1.82 bits per heavy atom. The van der Waals surface area contributed by atoms with Crippen molar-refractivity contribution in [2.75, 3.05) is 19.6 Å². The fourth-order valence-electron chi connectivity index (χ4n) is 4.18. The van der Waals surface area contributed by atoms with Crippen LogP contribution in [0.5, 0.6) is 0 Å². The van der Waals surface area contributed by atoms with E-state index in [0.717, 1.165) is 24.2 Å². The quantitative estimate of drug-likeness (QED) is 0.601. The van der Waals surface area contributed by atoms with Crippen LogP contribution < -0.4 is 0 Å². The Bertz CT molecular complexity index is 893. The SMILES string of the molecule is CCC(CN1CCCC1)n1cncc1-c1c(-c2ccccc2)nn(C)c1C.Cl. The molecular formula is C22H30ClN5. The highest BCUT2D eigenvalue weighted by Crippen LogP contribution is 2.35. The Morgan fingerprint density at radius 3 is 2.50 bits per heavy atom. The molecule has 1 aliphatic rings. The first-order chi connectivity index (χ1) is 13.2. The summed E-state index contributed by atoms with van der Waals surface area (Å²) >= 11 is 0. The molecule has 0 N–H and O–H groups in total. The number of nitrogens with zero attached hydrogens (tertiary/aromatic N) is 5. The Morgan fingerprint density at radius 1 is 1.11 bits per heavy atom. The van der Waals surface area contributed by atoms with Gasteiger partial charge in [0.05, 0.1) is 18.2 Å². The summed E-state index contributed by atoms with van der Waals surface area (Å²) < 4.78 is 4.35. The molecule has 1 saturated heterocycles. The lowest BCUT2D eigenvalue weighted by atomic mass is 10.0. The zero-order valence-corrected chi connectivity index (χ0v) is 17.8. The normalized spacial score (nSPS) is 15.5. The smallest absolute Gasteiger partial charge is 0.102 e. The fraction of sp³-hybridized carbons (Fsp3) is 0.455. The average molecular weight is 400 g/mol. The molecule has 0 amide bonds. The number of aromatic nitrogens is 4. The zero-order chi connectivity index (χ0) is 18.8. The van der Waals surface area contributed by atoms with E-state index in [1.165, 1.54) is 42.9 Å². The van der Waals surface area contributed by atoms with E-state index in [1.54, 1.807) is 0 Å². The third kappa shape index (κ3) is 3.87. The topological polar surface area (TPSA) is 38.9 Å². The number of hydrogen-bond acceptors (Lipinski definition) is 3. The second kappa shape index (κ2) is 8.93. The molecule has 1 aromatic carbocycles. The first-order valence-electron chi connectivity index (χ1n) is 10.0. The van der Waals surface area contributed by atoms with Crippen molar-refractivity contribution in [3.8, 4) is 22.5 Å². The molecular weight excluding hydrogens is 370 g/mol. The van der Waals surface area contributed by atoms with Crippen molar-refractivity contribution in [2.24, 2.45) is 7.05 Å². The molecule has 1 unspecified atom stereocenters. The van der Waals surface area contributed by atoms with Crippen LogP contribution >= 0.6 is 12.4 Å². The summed E-state index contributed by atoms with van der Waals surface area (Å²) in [5, 5.41) is 4.83. The lowest BCUT2D eigenvalue weighted by Crippen LogP contribution is -2.28. The van der Waals surface area contributed by atoms with Gasteiger partial charge in [-0.3, -0.25) is 4.68 Å². The van der Waals surface area contributed by atoms with E-state index in [-0.39, 0.29) is 12.4 Å². The minimum atomic E-state index is 0. The molecule has 0 aliphatic carbocycles. The van der Waals surface area contributed by atoms with Gasteiger partial charge in [-0.05, 0) is 39.3 Å². The number of halogens is 1. The maximum atomic E-state index is 4.83. The van der Waals surface area contributed by atoms with Gasteiger partial charge in [0.15, 0.2) is 0 Å². The minimum absolute atomic E-state index is 0. The van der Waals surface area contributed by atoms with E-state index >= 15 is 0 Å². The van der Waals surface area contributed by atoms with Gasteiger partial charge in [0.2, 0.25) is 0 Å². The zero-order valence-electron chi connectivity index (χ0n) is 17.0. The van der Waals surface area contributed by atoms with Gasteiger partial charge in [0.1, 0.15) is 5.69 Å². The fourth-order valence-corrected chi connectivity index (χ4v) is 4.18. The summed E-state index contributed by atoms with van der Waals surface area (Å²) in [6.07, 6.45) is 7.75. The van der Waals surface area contributed by atoms with Crippen LogP contribution in [0.25, 0.3) is 22.5 Å². The van der Waals surface area contributed by atoms with Gasteiger partial charge in [-0.1, -0.05) is 37.3 Å². The molecule has 2 aromatic heterocycles. The highest BCUT2D eigenvalue weighted by atomic mass is 35.5. The van der Waals surface area contributed by atoms with Crippen LogP contribution in [-0.2, 0) is 7.05 Å². The summed E-state index contributed by atoms with van der Waals surface area (Å²) in [5.74, 6) is 0. The van der Waals surface area contributed by atoms with E-state index < -0.39 is 0 Å². The van der Waals surface area contributed by atoms with Gasteiger partial charge in [0, 0.05) is 36.5 Å². The Labute approximate surface area is 173 Å². The van der Waals surface area contributed by atoms with Crippen molar-refractivity contribution in [2.45, 2.75) is 39.2 Å². The minimum Gasteiger partial charge on any atom is -0.326 e. The van der Waals surface area contributed by atoms with Gasteiger partial charge in [-0.25, -0.2) is 4.98 Å². The molecule has 0 saturated carbocycles. The summed E-state index contributed by atoms with van der Waals surface area (Å²) in [5.41, 5.74) is 5.73. The number of likely N-dealkylation sites (tertiary alicyclic amines) is 1. The molecule has 28 heavy (non-hydrogen) atoms. The van der Waals surface area contributed by atoms with Gasteiger partial charge in [-0.15, -0.1) is 12.4 Å². The van der Waals surface area contributed by atoms with Gasteiger partial charge in [0.25, 0.3) is 0 Å². The van der Waals surface area contributed by atoms with Crippen LogP contribution in [0.15, 0.2) is 42.9 Å². The lowest BCUT2D eigenvalue weighted by Gasteiger charge is -2.25. The summed E-state index contributed by atoms with van der Waals surface area (Å²) in [7, 11) is 2.02. The summed E-state index contributed by atoms with van der Waals surface area (Å²) in [4.78, 5) is 7.12. The molecule has 5 nitrogen and oxygen atoms in total. The molecule has 0 bridgehead atoms. The molecule has 4 rings (SSSR count). The maximum Gasteiger partial charge on any atom is 0.102 e. The first kappa shape index (κ1) is 20.6. The molecule has 0 spiro atoms. The molecule has 0 radical (unpaired) electrons. The molecule has 3 heterocycles. The van der Waals surface area contributed by atoms with Gasteiger partial charge in [-0.2, -0.15) is 5.10 Å². The predicted molar refractivity (Wildman–Crippen MR) is 117 cm³/mol. The van der Waals surface area contributed by atoms with Crippen LogP contribution in [0.2, 0.25) is 0 Å². The van der Waals surface area contributed by atoms with E-state index in [4.69, 9.17) is 5.10 Å². The van der Waals surface area contributed by atoms with Crippen molar-refractivity contribution in [3.05, 3.63) is 48.5 Å². The van der Waals surface area contributed by atoms with Crippen molar-refractivity contribution in [3.63, 3.8) is 0 Å². The maximum absolute atomic E-state index is 4.83. The van der Waals surface area contributed by atoms with Crippen molar-refractivity contribution < 1.29 is 0 Å². The first-order valence-corrected chi connectivity index (χ1v) is 10.0. The van der Waals surface area contributed by atoms with E-state index in [0.29, 0.717) is 6.04 Å². The van der Waals surface area contributed by atoms with Crippen molar-refractivity contribution in [1.29, 1.82) is 0 Å². The average Bonchev–Trinajstić information content (AvgIpc) is 3.42. The van der Waals surface area contributed by atoms with Crippen LogP contribution in [0.3, 0.4) is 0 Å². The number of imidazole rings is 1. The predicted octanol–water partition coefficient (Wildman–Crippen LogP) is 4.73. The Hall–Kier alpha value is -2.11. The number of rotatable bonds is 6. The summed E-state index contributed by atoms with van der Waals surface area (Å²) in [6, 6.07) is 10.9. The Kier molecular flexibility index (Phi) is 6.57. The van der Waals surface area contributed by atoms with Crippen LogP contribution in [0, 0.1) is 6.92 Å². The third-order valence-corrected chi connectivity index (χ3v) is 5.84. The highest BCUT2D eigenvalue weighted by molar-refractivity contribution is 5.85. The second-order valence-electron chi connectivity index (χ2n) is 7.55. The van der Waals surface area contributed by atoms with Crippen LogP contribution in [-0.4, -0.2) is 43.9 Å². The van der Waals surface area contributed by atoms with E-state index in [2.05, 4.69) is 52.6 Å². The van der Waals surface area contributed by atoms with Crippen LogP contribution in [0.1, 0.15) is 37.9 Å². The second-order valence-corrected chi connectivity index (χ2v) is 7.55. The number of benzene rings is 1. The molecule has 3 aromatic rings. The molecule has 1 aliphatic heterocycles.